The third kappa shape index (κ3) is 6.78. The molecule has 3 aromatic carbocycles. The zero-order valence-corrected chi connectivity index (χ0v) is 35.1. The number of imide groups is 1. The summed E-state index contributed by atoms with van der Waals surface area (Å²) in [5, 5.41) is 2.69. The fourth-order valence-corrected chi connectivity index (χ4v) is 11.6. The SMILES string of the molecule is O=C1CCC(N2Cc3cc(N4CC(N5C[C@H]6C[C@@H]5CN6c5ccc(-c6cnc7[nH]cc(C(=O)c8c(F)ccc(NS(=O)(=O)N9CC[C@@H](F)C9)c8F)c7c6)cc5)C4)ccc3C2=O)C(=O)N1. The number of benzene rings is 3. The van der Waals surface area contributed by atoms with Crippen LogP contribution < -0.4 is 19.8 Å². The van der Waals surface area contributed by atoms with Crippen molar-refractivity contribution in [3.05, 3.63) is 107 Å². The molecule has 11 rings (SSSR count). The Morgan fingerprint density at radius 1 is 0.844 bits per heavy atom. The molecule has 3 N–H and O–H groups in total. The fourth-order valence-electron chi connectivity index (χ4n) is 10.4. The van der Waals surface area contributed by atoms with Crippen molar-refractivity contribution in [1.29, 1.82) is 0 Å². The summed E-state index contributed by atoms with van der Waals surface area (Å²) >= 11 is 0. The number of fused-ring (bicyclic) bond motifs is 4. The maximum absolute atomic E-state index is 15.8. The largest absolute Gasteiger partial charge is 0.368 e. The molecular formula is C45H42F3N9O6S. The van der Waals surface area contributed by atoms with E-state index in [0.29, 0.717) is 53.3 Å². The molecule has 64 heavy (non-hydrogen) atoms. The van der Waals surface area contributed by atoms with Gasteiger partial charge in [0.05, 0.1) is 11.3 Å². The average Bonchev–Trinajstić information content (AvgIpc) is 4.11. The Kier molecular flexibility index (Phi) is 9.59. The second-order valence-electron chi connectivity index (χ2n) is 17.5. The van der Waals surface area contributed by atoms with Crippen LogP contribution in [-0.4, -0.2) is 126 Å². The summed E-state index contributed by atoms with van der Waals surface area (Å²) in [5.41, 5.74) is 3.86. The Labute approximate surface area is 365 Å². The number of amides is 3. The second-order valence-corrected chi connectivity index (χ2v) is 19.2. The smallest absolute Gasteiger partial charge is 0.301 e. The first-order valence-electron chi connectivity index (χ1n) is 21.4. The van der Waals surface area contributed by atoms with Crippen molar-refractivity contribution in [3.63, 3.8) is 0 Å². The van der Waals surface area contributed by atoms with Gasteiger partial charge in [-0.15, -0.1) is 0 Å². The molecule has 5 saturated heterocycles. The predicted octanol–water partition coefficient (Wildman–Crippen LogP) is 4.35. The predicted molar refractivity (Wildman–Crippen MR) is 230 cm³/mol. The maximum atomic E-state index is 15.8. The van der Waals surface area contributed by atoms with E-state index >= 15 is 8.78 Å². The van der Waals surface area contributed by atoms with Gasteiger partial charge < -0.3 is 19.7 Å². The molecule has 5 fully saturated rings. The lowest BCUT2D eigenvalue weighted by Crippen LogP contribution is -2.63. The molecule has 5 aromatic rings. The number of aromatic nitrogens is 2. The van der Waals surface area contributed by atoms with E-state index in [9.17, 15) is 32.0 Å². The first kappa shape index (κ1) is 40.5. The molecule has 0 radical (unpaired) electrons. The quantitative estimate of drug-likeness (QED) is 0.135. The number of aromatic amines is 1. The standard InChI is InChI=1S/C45H42F3N9O6S/c46-27-11-12-54(19-27)64(62,63)52-37-8-7-36(47)40(41(37)48)42(59)35-17-50-43-34(35)14-25(16-49-43)24-1-3-28(4-2-24)55-22-31-15-30(55)23-56(31)32-20-53(21-32)29-5-6-33-26(13-29)18-57(45(33)61)38-9-10-39(58)51-44(38)60/h1-8,13-14,16-17,27,30-32,38,52H,9-12,15,18-23H2,(H,49,50)(H,51,58,60)/t27-,30-,31-,38?/m1/s1. The van der Waals surface area contributed by atoms with Crippen molar-refractivity contribution >= 4 is 61.8 Å². The van der Waals surface area contributed by atoms with Crippen LogP contribution in [0.3, 0.4) is 0 Å². The van der Waals surface area contributed by atoms with Gasteiger partial charge in [0.1, 0.15) is 23.7 Å². The number of hydrogen-bond acceptors (Lipinski definition) is 10. The zero-order chi connectivity index (χ0) is 44.2. The van der Waals surface area contributed by atoms with Crippen LogP contribution in [0.4, 0.5) is 30.2 Å². The van der Waals surface area contributed by atoms with Crippen LogP contribution in [0, 0.1) is 11.6 Å². The number of anilines is 3. The molecule has 1 unspecified atom stereocenters. The number of hydrogen-bond donors (Lipinski definition) is 3. The number of pyridine rings is 1. The minimum atomic E-state index is -4.36. The van der Waals surface area contributed by atoms with Crippen LogP contribution in [0.25, 0.3) is 22.2 Å². The Morgan fingerprint density at radius 2 is 1.64 bits per heavy atom. The van der Waals surface area contributed by atoms with Crippen LogP contribution in [0.1, 0.15) is 57.5 Å². The number of nitrogens with zero attached hydrogens (tertiary/aromatic N) is 6. The molecule has 8 heterocycles. The Hall–Kier alpha value is -6.31. The molecule has 0 spiro atoms. The topological polar surface area (TPSA) is 171 Å². The molecule has 0 aliphatic carbocycles. The summed E-state index contributed by atoms with van der Waals surface area (Å²) < 4.78 is 73.1. The van der Waals surface area contributed by atoms with Crippen molar-refractivity contribution in [2.24, 2.45) is 0 Å². The lowest BCUT2D eigenvalue weighted by Gasteiger charge is -2.49. The van der Waals surface area contributed by atoms with E-state index < -0.39 is 57.0 Å². The summed E-state index contributed by atoms with van der Waals surface area (Å²) in [6.07, 6.45) is 3.23. The minimum Gasteiger partial charge on any atom is -0.368 e. The van der Waals surface area contributed by atoms with E-state index in [1.165, 1.54) is 6.20 Å². The third-order valence-corrected chi connectivity index (χ3v) is 15.3. The molecule has 3 amide bonds. The monoisotopic (exact) mass is 893 g/mol. The van der Waals surface area contributed by atoms with Crippen LogP contribution in [0.2, 0.25) is 0 Å². The number of alkyl halides is 1. The summed E-state index contributed by atoms with van der Waals surface area (Å²) in [6, 6.07) is 17.9. The molecule has 19 heteroatoms. The van der Waals surface area contributed by atoms with Gasteiger partial charge in [-0.25, -0.2) is 18.2 Å². The van der Waals surface area contributed by atoms with Gasteiger partial charge >= 0.3 is 10.2 Å². The van der Waals surface area contributed by atoms with E-state index in [1.807, 2.05) is 29.0 Å². The van der Waals surface area contributed by atoms with Gasteiger partial charge in [-0.2, -0.15) is 12.7 Å². The van der Waals surface area contributed by atoms with Gasteiger partial charge in [0.15, 0.2) is 5.82 Å². The normalized spacial score (nSPS) is 23.9. The first-order valence-corrected chi connectivity index (χ1v) is 22.8. The van der Waals surface area contributed by atoms with E-state index in [-0.39, 0.29) is 43.3 Å². The first-order chi connectivity index (χ1) is 30.8. The number of ketones is 1. The molecule has 4 atom stereocenters. The lowest BCUT2D eigenvalue weighted by atomic mass is 9.99. The Morgan fingerprint density at radius 3 is 2.38 bits per heavy atom. The van der Waals surface area contributed by atoms with Gasteiger partial charge in [-0.1, -0.05) is 12.1 Å². The van der Waals surface area contributed by atoms with E-state index in [4.69, 9.17) is 0 Å². The molecule has 0 saturated carbocycles. The number of rotatable bonds is 10. The average molecular weight is 894 g/mol. The number of halogens is 3. The molecular weight excluding hydrogens is 852 g/mol. The Bertz CT molecular complexity index is 2910. The highest BCUT2D eigenvalue weighted by Gasteiger charge is 2.48. The highest BCUT2D eigenvalue weighted by Crippen LogP contribution is 2.40. The fraction of sp³-hybridized carbons (Fsp3) is 0.356. The highest BCUT2D eigenvalue weighted by molar-refractivity contribution is 7.90. The molecule has 6 aliphatic heterocycles. The third-order valence-electron chi connectivity index (χ3n) is 13.8. The maximum Gasteiger partial charge on any atom is 0.301 e. The lowest BCUT2D eigenvalue weighted by molar-refractivity contribution is -0.136. The molecule has 15 nitrogen and oxygen atoms in total. The van der Waals surface area contributed by atoms with Crippen LogP contribution in [0.5, 0.6) is 0 Å². The van der Waals surface area contributed by atoms with Crippen LogP contribution in [-0.2, 0) is 26.3 Å². The molecule has 330 valence electrons. The minimum absolute atomic E-state index is 0.00173. The summed E-state index contributed by atoms with van der Waals surface area (Å²) in [6.45, 7) is 3.47. The zero-order valence-electron chi connectivity index (χ0n) is 34.3. The summed E-state index contributed by atoms with van der Waals surface area (Å²) in [7, 11) is -4.36. The van der Waals surface area contributed by atoms with Gasteiger partial charge in [0.25, 0.3) is 5.91 Å². The number of nitrogens with one attached hydrogen (secondary N) is 3. The highest BCUT2D eigenvalue weighted by atomic mass is 32.2. The molecule has 2 aromatic heterocycles. The van der Waals surface area contributed by atoms with Crippen molar-refractivity contribution in [2.45, 2.75) is 62.6 Å². The second kappa shape index (κ2) is 15.2. The van der Waals surface area contributed by atoms with Crippen LogP contribution in [0.15, 0.2) is 73.1 Å². The number of H-pyrrole nitrogens is 1. The van der Waals surface area contributed by atoms with Crippen molar-refractivity contribution in [2.75, 3.05) is 53.8 Å². The number of carbonyl (C=O) groups excluding carboxylic acids is 4. The number of likely N-dealkylation sites (tertiary alicyclic amines) is 1. The number of piperazine rings is 1. The summed E-state index contributed by atoms with van der Waals surface area (Å²) in [5.74, 6) is -4.46. The van der Waals surface area contributed by atoms with Gasteiger partial charge in [0.2, 0.25) is 17.6 Å². The van der Waals surface area contributed by atoms with Gasteiger partial charge in [0, 0.05) is 116 Å². The van der Waals surface area contributed by atoms with Crippen LogP contribution >= 0.6 is 0 Å². The van der Waals surface area contributed by atoms with Crippen molar-refractivity contribution < 1.29 is 40.8 Å². The van der Waals surface area contributed by atoms with E-state index in [1.54, 1.807) is 17.2 Å². The van der Waals surface area contributed by atoms with Gasteiger partial charge in [-0.3, -0.25) is 34.1 Å². The number of piperidine rings is 1. The van der Waals surface area contributed by atoms with Crippen molar-refractivity contribution in [3.8, 4) is 11.1 Å². The number of carbonyl (C=O) groups is 4. The Balaban J connectivity index is 0.729. The summed E-state index contributed by atoms with van der Waals surface area (Å²) in [4.78, 5) is 67.4. The molecule has 6 aliphatic rings. The van der Waals surface area contributed by atoms with Crippen molar-refractivity contribution in [1.82, 2.24) is 29.4 Å². The van der Waals surface area contributed by atoms with Gasteiger partial charge in [-0.05, 0) is 78.9 Å². The molecule has 2 bridgehead atoms. The van der Waals surface area contributed by atoms with E-state index in [2.05, 4.69) is 48.2 Å². The van der Waals surface area contributed by atoms with E-state index in [0.717, 1.165) is 71.5 Å².